The summed E-state index contributed by atoms with van der Waals surface area (Å²) in [5.41, 5.74) is 5.38. The number of rotatable bonds is 13. The van der Waals surface area contributed by atoms with Gasteiger partial charge in [0.05, 0.1) is 19.2 Å². The fraction of sp³-hybridized carbons (Fsp3) is 0.281. The lowest BCUT2D eigenvalue weighted by Gasteiger charge is -2.22. The van der Waals surface area contributed by atoms with Crippen LogP contribution in [0.2, 0.25) is 0 Å². The number of aromatic nitrogens is 1. The molecule has 198 valence electrons. The lowest BCUT2D eigenvalue weighted by Crippen LogP contribution is -2.41. The van der Waals surface area contributed by atoms with E-state index in [9.17, 15) is 9.90 Å². The molecule has 4 rings (SSSR count). The van der Waals surface area contributed by atoms with Crippen LogP contribution in [0.5, 0.6) is 5.75 Å². The number of benzene rings is 3. The van der Waals surface area contributed by atoms with Gasteiger partial charge in [0.1, 0.15) is 18.5 Å². The first kappa shape index (κ1) is 27.2. The van der Waals surface area contributed by atoms with Gasteiger partial charge < -0.3 is 24.5 Å². The van der Waals surface area contributed by atoms with Crippen molar-refractivity contribution in [3.8, 4) is 17.0 Å². The number of aliphatic hydroxyl groups excluding tert-OH is 1. The lowest BCUT2D eigenvalue weighted by molar-refractivity contribution is -0.133. The van der Waals surface area contributed by atoms with Gasteiger partial charge in [-0.15, -0.1) is 0 Å². The van der Waals surface area contributed by atoms with Crippen LogP contribution in [0, 0.1) is 6.92 Å². The minimum atomic E-state index is -0.655. The van der Waals surface area contributed by atoms with E-state index < -0.39 is 12.1 Å². The third-order valence-electron chi connectivity index (χ3n) is 6.56. The van der Waals surface area contributed by atoms with Gasteiger partial charge in [-0.2, -0.15) is 0 Å². The first-order chi connectivity index (χ1) is 18.6. The summed E-state index contributed by atoms with van der Waals surface area (Å²) in [6, 6.07) is 31.4. The first-order valence-corrected chi connectivity index (χ1v) is 13.1. The zero-order valence-electron chi connectivity index (χ0n) is 22.0. The van der Waals surface area contributed by atoms with Gasteiger partial charge in [-0.05, 0) is 54.8 Å². The van der Waals surface area contributed by atoms with E-state index in [0.29, 0.717) is 19.6 Å². The fourth-order valence-electron chi connectivity index (χ4n) is 4.53. The Hall–Kier alpha value is -3.87. The molecule has 3 aromatic carbocycles. The Morgan fingerprint density at radius 3 is 2.26 bits per heavy atom. The van der Waals surface area contributed by atoms with Crippen molar-refractivity contribution in [1.29, 1.82) is 0 Å². The molecule has 1 heterocycles. The molecule has 38 heavy (non-hydrogen) atoms. The van der Waals surface area contributed by atoms with Crippen LogP contribution in [-0.2, 0) is 22.5 Å². The number of nitrogens with one attached hydrogen (secondary N) is 1. The first-order valence-electron chi connectivity index (χ1n) is 13.1. The van der Waals surface area contributed by atoms with E-state index in [0.717, 1.165) is 23.4 Å². The second-order valence-corrected chi connectivity index (χ2v) is 9.17. The maximum Gasteiger partial charge on any atom is 0.250 e. The summed E-state index contributed by atoms with van der Waals surface area (Å²) in [6.45, 7) is 5.49. The number of aliphatic hydroxyl groups is 1. The van der Waals surface area contributed by atoms with E-state index >= 15 is 0 Å². The molecule has 0 saturated carbocycles. The molecule has 6 heteroatoms. The van der Waals surface area contributed by atoms with Crippen LogP contribution in [-0.4, -0.2) is 41.5 Å². The highest BCUT2D eigenvalue weighted by molar-refractivity contribution is 5.81. The largest absolute Gasteiger partial charge is 0.492 e. The van der Waals surface area contributed by atoms with E-state index in [1.54, 1.807) is 0 Å². The normalized spacial score (nSPS) is 12.6. The molecule has 0 saturated heterocycles. The summed E-state index contributed by atoms with van der Waals surface area (Å²) in [5, 5.41) is 12.7. The number of amides is 1. The standard InChI is InChI=1S/C32H36N2O4/c1-3-37-31(32(36)33-29(23-35)26-10-6-4-7-11-26)22-25-15-17-28(18-16-25)38-21-20-34-24(2)14-19-30(34)27-12-8-5-9-13-27/h4-19,29,31,35H,3,20-23H2,1-2H3,(H,33,36)/t29-,31-/m0/s1. The highest BCUT2D eigenvalue weighted by atomic mass is 16.5. The number of aryl methyl sites for hydroxylation is 1. The van der Waals surface area contributed by atoms with Crippen LogP contribution in [0.4, 0.5) is 0 Å². The molecule has 4 aromatic rings. The summed E-state index contributed by atoms with van der Waals surface area (Å²) in [7, 11) is 0. The average Bonchev–Trinajstić information content (AvgIpc) is 3.33. The monoisotopic (exact) mass is 512 g/mol. The molecule has 6 nitrogen and oxygen atoms in total. The molecule has 0 aliphatic carbocycles. The van der Waals surface area contributed by atoms with Crippen molar-refractivity contribution in [1.82, 2.24) is 9.88 Å². The number of hydrogen-bond acceptors (Lipinski definition) is 4. The molecular formula is C32H36N2O4. The van der Waals surface area contributed by atoms with Crippen molar-refractivity contribution in [3.63, 3.8) is 0 Å². The fourth-order valence-corrected chi connectivity index (χ4v) is 4.53. The number of hydrogen-bond donors (Lipinski definition) is 2. The van der Waals surface area contributed by atoms with Gasteiger partial charge in [0.15, 0.2) is 0 Å². The van der Waals surface area contributed by atoms with E-state index in [-0.39, 0.29) is 12.5 Å². The highest BCUT2D eigenvalue weighted by Gasteiger charge is 2.23. The Bertz CT molecular complexity index is 1270. The molecule has 0 bridgehead atoms. The Morgan fingerprint density at radius 2 is 1.61 bits per heavy atom. The quantitative estimate of drug-likeness (QED) is 0.254. The van der Waals surface area contributed by atoms with Crippen LogP contribution in [0.1, 0.15) is 29.8 Å². The van der Waals surface area contributed by atoms with E-state index in [4.69, 9.17) is 9.47 Å². The van der Waals surface area contributed by atoms with Crippen molar-refractivity contribution >= 4 is 5.91 Å². The molecule has 1 aromatic heterocycles. The minimum Gasteiger partial charge on any atom is -0.492 e. The topological polar surface area (TPSA) is 72.7 Å². The predicted molar refractivity (Wildman–Crippen MR) is 150 cm³/mol. The Morgan fingerprint density at radius 1 is 0.921 bits per heavy atom. The zero-order chi connectivity index (χ0) is 26.7. The van der Waals surface area contributed by atoms with Gasteiger partial charge in [-0.1, -0.05) is 72.8 Å². The van der Waals surface area contributed by atoms with Gasteiger partial charge in [-0.25, -0.2) is 0 Å². The maximum absolute atomic E-state index is 13.0. The van der Waals surface area contributed by atoms with Crippen molar-refractivity contribution in [2.75, 3.05) is 19.8 Å². The summed E-state index contributed by atoms with van der Waals surface area (Å²) >= 11 is 0. The SMILES string of the molecule is CCO[C@@H](Cc1ccc(OCCn2c(C)ccc2-c2ccccc2)cc1)C(=O)N[C@@H](CO)c1ccccc1. The van der Waals surface area contributed by atoms with E-state index in [1.165, 1.54) is 17.0 Å². The van der Waals surface area contributed by atoms with Crippen molar-refractivity contribution in [2.45, 2.75) is 39.0 Å². The highest BCUT2D eigenvalue weighted by Crippen LogP contribution is 2.23. The zero-order valence-corrected chi connectivity index (χ0v) is 22.0. The van der Waals surface area contributed by atoms with Gasteiger partial charge in [-0.3, -0.25) is 4.79 Å². The van der Waals surface area contributed by atoms with Crippen LogP contribution >= 0.6 is 0 Å². The molecule has 0 radical (unpaired) electrons. The molecular weight excluding hydrogens is 476 g/mol. The van der Waals surface area contributed by atoms with Gasteiger partial charge in [0.2, 0.25) is 5.91 Å². The number of carbonyl (C=O) groups excluding carboxylic acids is 1. The molecule has 0 fully saturated rings. The van der Waals surface area contributed by atoms with Crippen LogP contribution < -0.4 is 10.1 Å². The van der Waals surface area contributed by atoms with E-state index in [1.807, 2.05) is 79.7 Å². The molecule has 0 aliphatic heterocycles. The predicted octanol–water partition coefficient (Wildman–Crippen LogP) is 5.34. The minimum absolute atomic E-state index is 0.185. The molecule has 2 atom stereocenters. The van der Waals surface area contributed by atoms with Gasteiger partial charge >= 0.3 is 0 Å². The van der Waals surface area contributed by atoms with Gasteiger partial charge in [0.25, 0.3) is 0 Å². The number of nitrogens with zero attached hydrogens (tertiary/aromatic N) is 1. The summed E-state index contributed by atoms with van der Waals surface area (Å²) < 4.78 is 14.1. The number of carbonyl (C=O) groups is 1. The molecule has 0 unspecified atom stereocenters. The van der Waals surface area contributed by atoms with Crippen LogP contribution in [0.3, 0.4) is 0 Å². The second-order valence-electron chi connectivity index (χ2n) is 9.17. The smallest absolute Gasteiger partial charge is 0.250 e. The van der Waals surface area contributed by atoms with E-state index in [2.05, 4.69) is 41.1 Å². The molecule has 0 spiro atoms. The van der Waals surface area contributed by atoms with Crippen LogP contribution in [0.25, 0.3) is 11.3 Å². The average molecular weight is 513 g/mol. The molecule has 1 amide bonds. The Balaban J connectivity index is 1.33. The summed E-state index contributed by atoms with van der Waals surface area (Å²) in [6.07, 6.45) is -0.228. The van der Waals surface area contributed by atoms with Crippen molar-refractivity contribution in [3.05, 3.63) is 114 Å². The summed E-state index contributed by atoms with van der Waals surface area (Å²) in [5.74, 6) is 0.535. The third-order valence-corrected chi connectivity index (χ3v) is 6.56. The van der Waals surface area contributed by atoms with Gasteiger partial charge in [0, 0.05) is 24.4 Å². The number of ether oxygens (including phenoxy) is 2. The lowest BCUT2D eigenvalue weighted by atomic mass is 10.0. The molecule has 2 N–H and O–H groups in total. The van der Waals surface area contributed by atoms with Crippen LogP contribution in [0.15, 0.2) is 97.1 Å². The second kappa shape index (κ2) is 13.6. The third kappa shape index (κ3) is 7.12. The maximum atomic E-state index is 13.0. The summed E-state index contributed by atoms with van der Waals surface area (Å²) in [4.78, 5) is 13.0. The van der Waals surface area contributed by atoms with Crippen molar-refractivity contribution < 1.29 is 19.4 Å². The Labute approximate surface area is 224 Å². The van der Waals surface area contributed by atoms with Crippen molar-refractivity contribution in [2.24, 2.45) is 0 Å². The Kier molecular flexibility index (Phi) is 9.73. The molecule has 0 aliphatic rings.